The number of hydrogen-bond acceptors (Lipinski definition) is 7. The van der Waals surface area contributed by atoms with Crippen LogP contribution < -0.4 is 4.90 Å². The van der Waals surface area contributed by atoms with Gasteiger partial charge in [-0.3, -0.25) is 10.1 Å². The van der Waals surface area contributed by atoms with E-state index in [1.807, 2.05) is 11.8 Å². The summed E-state index contributed by atoms with van der Waals surface area (Å²) in [4.78, 5) is 13.3. The third-order valence-corrected chi connectivity index (χ3v) is 8.09. The minimum Gasteiger partial charge on any atom is -0.366 e. The summed E-state index contributed by atoms with van der Waals surface area (Å²) in [5.74, 6) is 0.423. The number of rotatable bonds is 5. The van der Waals surface area contributed by atoms with Crippen molar-refractivity contribution >= 4 is 21.4 Å². The van der Waals surface area contributed by atoms with E-state index in [2.05, 4.69) is 0 Å². The molecule has 3 saturated heterocycles. The Labute approximate surface area is 177 Å². The molecule has 2 unspecified atom stereocenters. The molecule has 3 aliphatic heterocycles. The Balaban J connectivity index is 1.60. The highest BCUT2D eigenvalue weighted by Gasteiger charge is 2.35. The molecule has 3 fully saturated rings. The van der Waals surface area contributed by atoms with Gasteiger partial charge in [0.05, 0.1) is 23.0 Å². The molecule has 3 aliphatic rings. The first kappa shape index (κ1) is 21.5. The van der Waals surface area contributed by atoms with E-state index in [4.69, 9.17) is 9.47 Å². The summed E-state index contributed by atoms with van der Waals surface area (Å²) in [6.07, 6.45) is 3.34. The Kier molecular flexibility index (Phi) is 6.29. The first-order valence-corrected chi connectivity index (χ1v) is 12.1. The van der Waals surface area contributed by atoms with Crippen LogP contribution in [0.25, 0.3) is 0 Å². The Bertz CT molecular complexity index is 887. The van der Waals surface area contributed by atoms with Crippen LogP contribution in [-0.2, 0) is 19.5 Å². The average Bonchev–Trinajstić information content (AvgIpc) is 3.28. The summed E-state index contributed by atoms with van der Waals surface area (Å²) in [6, 6.07) is 4.30. The van der Waals surface area contributed by atoms with Crippen LogP contribution in [-0.4, -0.2) is 63.3 Å². The Morgan fingerprint density at radius 1 is 1.10 bits per heavy atom. The number of sulfonamides is 1. The fraction of sp³-hybridized carbons (Fsp3) is 0.700. The van der Waals surface area contributed by atoms with Crippen LogP contribution >= 0.6 is 0 Å². The zero-order chi connectivity index (χ0) is 21.3. The normalized spacial score (nSPS) is 26.8. The van der Waals surface area contributed by atoms with E-state index in [1.165, 1.54) is 16.4 Å². The van der Waals surface area contributed by atoms with Crippen molar-refractivity contribution in [1.82, 2.24) is 4.31 Å². The van der Waals surface area contributed by atoms with Crippen LogP contribution in [0.2, 0.25) is 0 Å². The molecule has 0 aromatic heterocycles. The van der Waals surface area contributed by atoms with E-state index in [1.54, 1.807) is 6.07 Å². The molecule has 4 rings (SSSR count). The predicted octanol–water partition coefficient (Wildman–Crippen LogP) is 2.60. The maximum Gasteiger partial charge on any atom is 0.293 e. The standard InChI is InChI=1S/C20H29N3O6S/c1-15-4-2-9-22(13-15)30(26,27)17-6-7-18(19(12-17)23(24)25)21-8-3-5-16(14-21)20-28-10-11-29-20/h6-7,12,15-16,20H,2-5,8-11,13-14H2,1H3. The molecular formula is C20H29N3O6S. The second-order valence-corrected chi connectivity index (χ2v) is 10.4. The molecular weight excluding hydrogens is 410 g/mol. The third-order valence-electron chi connectivity index (χ3n) is 6.23. The van der Waals surface area contributed by atoms with E-state index in [0.717, 1.165) is 25.7 Å². The van der Waals surface area contributed by atoms with Crippen molar-refractivity contribution in [3.63, 3.8) is 0 Å². The van der Waals surface area contributed by atoms with Gasteiger partial charge in [0.15, 0.2) is 6.29 Å². The van der Waals surface area contributed by atoms with Crippen molar-refractivity contribution in [1.29, 1.82) is 0 Å². The molecule has 1 aromatic carbocycles. The van der Waals surface area contributed by atoms with Crippen molar-refractivity contribution < 1.29 is 22.8 Å². The number of piperidine rings is 2. The molecule has 0 radical (unpaired) electrons. The molecule has 166 valence electrons. The molecule has 9 nitrogen and oxygen atoms in total. The van der Waals surface area contributed by atoms with Gasteiger partial charge in [-0.1, -0.05) is 6.92 Å². The van der Waals surface area contributed by atoms with Gasteiger partial charge < -0.3 is 14.4 Å². The molecule has 2 atom stereocenters. The monoisotopic (exact) mass is 439 g/mol. The summed E-state index contributed by atoms with van der Waals surface area (Å²) in [5.41, 5.74) is 0.281. The predicted molar refractivity (Wildman–Crippen MR) is 111 cm³/mol. The van der Waals surface area contributed by atoms with Crippen LogP contribution in [0.15, 0.2) is 23.1 Å². The molecule has 30 heavy (non-hydrogen) atoms. The Morgan fingerprint density at radius 3 is 2.53 bits per heavy atom. The van der Waals surface area contributed by atoms with E-state index < -0.39 is 14.9 Å². The molecule has 0 saturated carbocycles. The van der Waals surface area contributed by atoms with Crippen molar-refractivity contribution in [3.8, 4) is 0 Å². The largest absolute Gasteiger partial charge is 0.366 e. The lowest BCUT2D eigenvalue weighted by atomic mass is 9.96. The van der Waals surface area contributed by atoms with Crippen LogP contribution in [0.4, 0.5) is 11.4 Å². The highest BCUT2D eigenvalue weighted by molar-refractivity contribution is 7.89. The van der Waals surface area contributed by atoms with Gasteiger partial charge in [-0.2, -0.15) is 4.31 Å². The summed E-state index contributed by atoms with van der Waals surface area (Å²) in [7, 11) is -3.75. The minimum absolute atomic E-state index is 0.0110. The number of ether oxygens (including phenoxy) is 2. The lowest BCUT2D eigenvalue weighted by Gasteiger charge is -2.36. The second-order valence-electron chi connectivity index (χ2n) is 8.48. The van der Waals surface area contributed by atoms with Gasteiger partial charge in [0.25, 0.3) is 5.69 Å². The number of nitro benzene ring substituents is 1. The molecule has 0 bridgehead atoms. The fourth-order valence-corrected chi connectivity index (χ4v) is 6.31. The summed E-state index contributed by atoms with van der Waals surface area (Å²) in [5, 5.41) is 11.8. The average molecular weight is 440 g/mol. The van der Waals surface area contributed by atoms with E-state index in [-0.39, 0.29) is 28.7 Å². The maximum absolute atomic E-state index is 13.1. The van der Waals surface area contributed by atoms with Crippen LogP contribution in [0.3, 0.4) is 0 Å². The van der Waals surface area contributed by atoms with Gasteiger partial charge in [-0.05, 0) is 43.7 Å². The number of hydrogen-bond donors (Lipinski definition) is 0. The second kappa shape index (κ2) is 8.78. The van der Waals surface area contributed by atoms with E-state index in [0.29, 0.717) is 45.1 Å². The number of nitro groups is 1. The summed E-state index contributed by atoms with van der Waals surface area (Å²) >= 11 is 0. The van der Waals surface area contributed by atoms with Crippen molar-refractivity contribution in [2.45, 2.75) is 43.8 Å². The van der Waals surface area contributed by atoms with Gasteiger partial charge >= 0.3 is 0 Å². The first-order valence-electron chi connectivity index (χ1n) is 10.6. The quantitative estimate of drug-likeness (QED) is 0.513. The summed E-state index contributed by atoms with van der Waals surface area (Å²) in [6.45, 7) is 5.34. The molecule has 0 amide bonds. The smallest absolute Gasteiger partial charge is 0.293 e. The fourth-order valence-electron chi connectivity index (χ4n) is 4.69. The van der Waals surface area contributed by atoms with E-state index >= 15 is 0 Å². The Hall–Kier alpha value is -1.75. The van der Waals surface area contributed by atoms with Gasteiger partial charge in [-0.25, -0.2) is 8.42 Å². The zero-order valence-corrected chi connectivity index (χ0v) is 18.1. The Morgan fingerprint density at radius 2 is 1.83 bits per heavy atom. The SMILES string of the molecule is CC1CCCN(S(=O)(=O)c2ccc(N3CCCC(C4OCCO4)C3)c([N+](=O)[O-])c2)C1. The molecule has 0 aliphatic carbocycles. The van der Waals surface area contributed by atoms with Crippen LogP contribution in [0.5, 0.6) is 0 Å². The van der Waals surface area contributed by atoms with Gasteiger partial charge in [-0.15, -0.1) is 0 Å². The highest BCUT2D eigenvalue weighted by Crippen LogP contribution is 2.36. The lowest BCUT2D eigenvalue weighted by Crippen LogP contribution is -2.41. The lowest BCUT2D eigenvalue weighted by molar-refractivity contribution is -0.384. The molecule has 3 heterocycles. The maximum atomic E-state index is 13.1. The first-order chi connectivity index (χ1) is 14.4. The van der Waals surface area contributed by atoms with Crippen molar-refractivity contribution in [3.05, 3.63) is 28.3 Å². The third kappa shape index (κ3) is 4.32. The van der Waals surface area contributed by atoms with Gasteiger partial charge in [0.1, 0.15) is 5.69 Å². The van der Waals surface area contributed by atoms with Crippen molar-refractivity contribution in [2.24, 2.45) is 11.8 Å². The topological polar surface area (TPSA) is 102 Å². The van der Waals surface area contributed by atoms with Crippen LogP contribution in [0.1, 0.15) is 32.6 Å². The number of anilines is 1. The highest BCUT2D eigenvalue weighted by atomic mass is 32.2. The van der Waals surface area contributed by atoms with Crippen molar-refractivity contribution in [2.75, 3.05) is 44.3 Å². The number of benzene rings is 1. The number of nitrogens with zero attached hydrogens (tertiary/aromatic N) is 3. The molecule has 10 heteroatoms. The van der Waals surface area contributed by atoms with E-state index in [9.17, 15) is 18.5 Å². The minimum atomic E-state index is -3.75. The molecule has 0 N–H and O–H groups in total. The molecule has 0 spiro atoms. The summed E-state index contributed by atoms with van der Waals surface area (Å²) < 4.78 is 38.9. The molecule has 1 aromatic rings. The van der Waals surface area contributed by atoms with Gasteiger partial charge in [0, 0.05) is 38.2 Å². The zero-order valence-electron chi connectivity index (χ0n) is 17.2. The van der Waals surface area contributed by atoms with Crippen LogP contribution in [0, 0.1) is 22.0 Å². The van der Waals surface area contributed by atoms with Gasteiger partial charge in [0.2, 0.25) is 10.0 Å².